The standard InChI is InChI=1S/C27H30FN3O/c28-13-3-14-31-15-12-25(19-31)32-24-9-6-20(7-10-24)26-5-2-1-4-22-16-21(8-11-27(22)26)23-17-29-30-18-23/h5-11,16-18,25H,1-4,12-15,19H2,(H,29,30)/t25-/m0/s1. The number of halogens is 1. The first-order chi connectivity index (χ1) is 15.8. The van der Waals surface area contributed by atoms with E-state index in [0.29, 0.717) is 6.42 Å². The molecule has 2 aromatic carbocycles. The molecule has 0 spiro atoms. The van der Waals surface area contributed by atoms with Crippen LogP contribution in [0, 0.1) is 0 Å². The van der Waals surface area contributed by atoms with E-state index in [4.69, 9.17) is 4.74 Å². The maximum Gasteiger partial charge on any atom is 0.119 e. The molecule has 1 atom stereocenters. The molecular weight excluding hydrogens is 401 g/mol. The molecule has 1 N–H and O–H groups in total. The monoisotopic (exact) mass is 431 g/mol. The molecule has 1 aliphatic carbocycles. The lowest BCUT2D eigenvalue weighted by atomic mass is 9.91. The highest BCUT2D eigenvalue weighted by Gasteiger charge is 2.23. The number of ether oxygens (including phenoxy) is 1. The Morgan fingerprint density at radius 2 is 1.97 bits per heavy atom. The van der Waals surface area contributed by atoms with Gasteiger partial charge in [-0.3, -0.25) is 14.4 Å². The van der Waals surface area contributed by atoms with Crippen molar-refractivity contribution in [2.24, 2.45) is 0 Å². The van der Waals surface area contributed by atoms with E-state index >= 15 is 0 Å². The van der Waals surface area contributed by atoms with Crippen molar-refractivity contribution >= 4 is 5.57 Å². The number of fused-ring (bicyclic) bond motifs is 1. The minimum Gasteiger partial charge on any atom is -0.489 e. The molecule has 32 heavy (non-hydrogen) atoms. The van der Waals surface area contributed by atoms with Gasteiger partial charge in [-0.25, -0.2) is 0 Å². The van der Waals surface area contributed by atoms with Crippen LogP contribution in [0.4, 0.5) is 4.39 Å². The highest BCUT2D eigenvalue weighted by Crippen LogP contribution is 2.34. The Morgan fingerprint density at radius 1 is 1.09 bits per heavy atom. The molecule has 0 radical (unpaired) electrons. The van der Waals surface area contributed by atoms with Crippen molar-refractivity contribution in [3.8, 4) is 16.9 Å². The number of nitrogens with one attached hydrogen (secondary N) is 1. The molecule has 0 bridgehead atoms. The van der Waals surface area contributed by atoms with Crippen molar-refractivity contribution in [3.63, 3.8) is 0 Å². The number of benzene rings is 2. The lowest BCUT2D eigenvalue weighted by Crippen LogP contribution is -2.26. The number of alkyl halides is 1. The third-order valence-corrected chi connectivity index (χ3v) is 6.53. The molecular formula is C27H30FN3O. The van der Waals surface area contributed by atoms with Crippen LogP contribution in [-0.4, -0.2) is 47.5 Å². The number of rotatable bonds is 7. The van der Waals surface area contributed by atoms with Crippen LogP contribution in [0.5, 0.6) is 5.75 Å². The van der Waals surface area contributed by atoms with Gasteiger partial charge in [0.05, 0.1) is 12.9 Å². The topological polar surface area (TPSA) is 41.1 Å². The molecule has 0 unspecified atom stereocenters. The molecule has 3 aromatic rings. The zero-order valence-electron chi connectivity index (χ0n) is 18.4. The van der Waals surface area contributed by atoms with Gasteiger partial charge in [-0.15, -0.1) is 0 Å². The van der Waals surface area contributed by atoms with Crippen LogP contribution in [0.25, 0.3) is 16.7 Å². The maximum absolute atomic E-state index is 12.4. The van der Waals surface area contributed by atoms with Gasteiger partial charge in [-0.1, -0.05) is 36.4 Å². The van der Waals surface area contributed by atoms with Gasteiger partial charge in [-0.2, -0.15) is 5.10 Å². The number of likely N-dealkylation sites (tertiary alicyclic amines) is 1. The molecule has 0 amide bonds. The number of allylic oxidation sites excluding steroid dienone is 1. The zero-order chi connectivity index (χ0) is 21.8. The Kier molecular flexibility index (Phi) is 6.35. The molecule has 1 aromatic heterocycles. The second kappa shape index (κ2) is 9.70. The Hall–Kier alpha value is -2.92. The summed E-state index contributed by atoms with van der Waals surface area (Å²) in [5.41, 5.74) is 7.59. The predicted octanol–water partition coefficient (Wildman–Crippen LogP) is 5.66. The Morgan fingerprint density at radius 3 is 2.78 bits per heavy atom. The van der Waals surface area contributed by atoms with E-state index in [1.54, 1.807) is 0 Å². The fourth-order valence-corrected chi connectivity index (χ4v) is 4.86. The third-order valence-electron chi connectivity index (χ3n) is 6.53. The van der Waals surface area contributed by atoms with Crippen LogP contribution in [0.3, 0.4) is 0 Å². The van der Waals surface area contributed by atoms with E-state index in [1.165, 1.54) is 27.8 Å². The van der Waals surface area contributed by atoms with Crippen molar-refractivity contribution in [3.05, 3.63) is 77.6 Å². The van der Waals surface area contributed by atoms with E-state index in [1.807, 2.05) is 12.4 Å². The third kappa shape index (κ3) is 4.63. The van der Waals surface area contributed by atoms with E-state index in [2.05, 4.69) is 63.6 Å². The molecule has 5 heteroatoms. The van der Waals surface area contributed by atoms with Crippen LogP contribution in [-0.2, 0) is 6.42 Å². The lowest BCUT2D eigenvalue weighted by Gasteiger charge is -2.17. The van der Waals surface area contributed by atoms with Gasteiger partial charge in [0.2, 0.25) is 0 Å². The maximum atomic E-state index is 12.4. The minimum atomic E-state index is -0.243. The van der Waals surface area contributed by atoms with Crippen molar-refractivity contribution in [1.29, 1.82) is 0 Å². The summed E-state index contributed by atoms with van der Waals surface area (Å²) in [6.07, 6.45) is 11.3. The summed E-state index contributed by atoms with van der Waals surface area (Å²) in [4.78, 5) is 2.30. The summed E-state index contributed by atoms with van der Waals surface area (Å²) in [7, 11) is 0. The summed E-state index contributed by atoms with van der Waals surface area (Å²) >= 11 is 0. The summed E-state index contributed by atoms with van der Waals surface area (Å²) in [6, 6.07) is 15.3. The van der Waals surface area contributed by atoms with E-state index < -0.39 is 0 Å². The first-order valence-electron chi connectivity index (χ1n) is 11.7. The van der Waals surface area contributed by atoms with E-state index in [-0.39, 0.29) is 12.8 Å². The first-order valence-corrected chi connectivity index (χ1v) is 11.7. The van der Waals surface area contributed by atoms with Crippen molar-refractivity contribution in [1.82, 2.24) is 15.1 Å². The normalized spacial score (nSPS) is 18.8. The van der Waals surface area contributed by atoms with Crippen LogP contribution in [0.2, 0.25) is 0 Å². The van der Waals surface area contributed by atoms with E-state index in [9.17, 15) is 4.39 Å². The number of hydrogen-bond donors (Lipinski definition) is 1. The second-order valence-electron chi connectivity index (χ2n) is 8.76. The molecule has 1 fully saturated rings. The molecule has 166 valence electrons. The summed E-state index contributed by atoms with van der Waals surface area (Å²) in [5.74, 6) is 0.913. The first kappa shape index (κ1) is 21.0. The average Bonchev–Trinajstić information content (AvgIpc) is 3.47. The van der Waals surface area contributed by atoms with Crippen molar-refractivity contribution in [2.45, 2.75) is 38.2 Å². The number of aromatic amines is 1. The lowest BCUT2D eigenvalue weighted by molar-refractivity contribution is 0.198. The molecule has 4 nitrogen and oxygen atoms in total. The van der Waals surface area contributed by atoms with E-state index in [0.717, 1.165) is 56.6 Å². The average molecular weight is 432 g/mol. The molecule has 2 aliphatic rings. The van der Waals surface area contributed by atoms with Crippen LogP contribution >= 0.6 is 0 Å². The van der Waals surface area contributed by atoms with Gasteiger partial charge >= 0.3 is 0 Å². The number of hydrogen-bond acceptors (Lipinski definition) is 3. The second-order valence-corrected chi connectivity index (χ2v) is 8.76. The highest BCUT2D eigenvalue weighted by molar-refractivity contribution is 5.83. The number of nitrogens with zero attached hydrogens (tertiary/aromatic N) is 2. The van der Waals surface area contributed by atoms with Gasteiger partial charge in [0.15, 0.2) is 0 Å². The SMILES string of the molecule is FCCCN1CC[C@H](Oc2ccc(C3=CCCCc4cc(-c5cn[nH]c5)ccc43)cc2)C1. The Balaban J connectivity index is 1.31. The molecule has 1 saturated heterocycles. The van der Waals surface area contributed by atoms with Crippen LogP contribution in [0.15, 0.2) is 60.9 Å². The fourth-order valence-electron chi connectivity index (χ4n) is 4.86. The van der Waals surface area contributed by atoms with Gasteiger partial charge in [0.1, 0.15) is 11.9 Å². The largest absolute Gasteiger partial charge is 0.489 e. The summed E-state index contributed by atoms with van der Waals surface area (Å²) in [6.45, 7) is 2.46. The quantitative estimate of drug-likeness (QED) is 0.525. The molecule has 1 aliphatic heterocycles. The number of H-pyrrole nitrogens is 1. The Bertz CT molecular complexity index is 1060. The van der Waals surface area contributed by atoms with Gasteiger partial charge in [0.25, 0.3) is 0 Å². The predicted molar refractivity (Wildman–Crippen MR) is 127 cm³/mol. The molecule has 5 rings (SSSR count). The fraction of sp³-hybridized carbons (Fsp3) is 0.370. The number of aromatic nitrogens is 2. The zero-order valence-corrected chi connectivity index (χ0v) is 18.4. The van der Waals surface area contributed by atoms with Gasteiger partial charge < -0.3 is 4.74 Å². The molecule has 0 saturated carbocycles. The number of aryl methyl sites for hydroxylation is 1. The highest BCUT2D eigenvalue weighted by atomic mass is 19.1. The van der Waals surface area contributed by atoms with Gasteiger partial charge in [-0.05, 0) is 72.1 Å². The van der Waals surface area contributed by atoms with Gasteiger partial charge in [0, 0.05) is 31.4 Å². The summed E-state index contributed by atoms with van der Waals surface area (Å²) < 4.78 is 18.6. The smallest absolute Gasteiger partial charge is 0.119 e. The minimum absolute atomic E-state index is 0.194. The van der Waals surface area contributed by atoms with Crippen LogP contribution in [0.1, 0.15) is 42.4 Å². The summed E-state index contributed by atoms with van der Waals surface area (Å²) in [5, 5.41) is 6.99. The van der Waals surface area contributed by atoms with Crippen molar-refractivity contribution < 1.29 is 9.13 Å². The Labute approximate surface area is 189 Å². The molecule has 2 heterocycles. The van der Waals surface area contributed by atoms with Crippen molar-refractivity contribution in [2.75, 3.05) is 26.3 Å². The van der Waals surface area contributed by atoms with Crippen LogP contribution < -0.4 is 4.74 Å².